The quantitative estimate of drug-likeness (QED) is 0.136. The summed E-state index contributed by atoms with van der Waals surface area (Å²) in [6.07, 6.45) is 21.4. The minimum atomic E-state index is 0.0150. The van der Waals surface area contributed by atoms with Crippen molar-refractivity contribution in [2.24, 2.45) is 0 Å². The van der Waals surface area contributed by atoms with Gasteiger partial charge >= 0.3 is 0 Å². The van der Waals surface area contributed by atoms with E-state index in [4.69, 9.17) is 0 Å². The summed E-state index contributed by atoms with van der Waals surface area (Å²) in [5.41, 5.74) is 2.89. The molecule has 2 nitrogen and oxygen atoms in total. The Labute approximate surface area is 221 Å². The number of rotatable bonds is 18. The van der Waals surface area contributed by atoms with Crippen LogP contribution in [-0.2, 0) is 18.4 Å². The maximum absolute atomic E-state index is 3.73. The van der Waals surface area contributed by atoms with E-state index in [-0.39, 0.29) is 5.41 Å². The van der Waals surface area contributed by atoms with Crippen molar-refractivity contribution in [3.8, 4) is 0 Å². The van der Waals surface area contributed by atoms with E-state index in [2.05, 4.69) is 103 Å². The second-order valence-corrected chi connectivity index (χ2v) is 11.0. The fraction of sp³-hybridized carbons (Fsp3) is 0.559. The smallest absolute Gasteiger partial charge is 0.247 e. The number of nitrogens with one attached hydrogen (secondary N) is 1. The maximum Gasteiger partial charge on any atom is 0.258 e. The standard InChI is InChI=1S/C34H50N2/c1-4-6-8-9-10-11-12-19-25-32(33-35-26-28-36(33)27-20-7-5-2)34(3,31-23-17-14-18-24-31)29-30-21-15-13-16-22-30/h13-18,21-24,26,28,32H,4-12,19-20,25,27,29H2,1-3H3/p+1. The monoisotopic (exact) mass is 487 g/mol. The molecule has 2 aromatic carbocycles. The summed E-state index contributed by atoms with van der Waals surface area (Å²) < 4.78 is 2.53. The summed E-state index contributed by atoms with van der Waals surface area (Å²) >= 11 is 0. The van der Waals surface area contributed by atoms with E-state index in [9.17, 15) is 0 Å². The van der Waals surface area contributed by atoms with Crippen molar-refractivity contribution in [3.05, 3.63) is 90.0 Å². The fourth-order valence-corrected chi connectivity index (χ4v) is 5.91. The van der Waals surface area contributed by atoms with Gasteiger partial charge in [0.2, 0.25) is 0 Å². The lowest BCUT2D eigenvalue weighted by atomic mass is 9.66. The van der Waals surface area contributed by atoms with Crippen molar-refractivity contribution in [3.63, 3.8) is 0 Å². The summed E-state index contributed by atoms with van der Waals surface area (Å²) in [4.78, 5) is 3.73. The molecule has 0 radical (unpaired) electrons. The molecule has 0 aliphatic carbocycles. The molecular formula is C34H51N2+. The van der Waals surface area contributed by atoms with Gasteiger partial charge in [-0.05, 0) is 36.8 Å². The van der Waals surface area contributed by atoms with Crippen molar-refractivity contribution >= 4 is 0 Å². The Hall–Kier alpha value is -2.35. The zero-order valence-corrected chi connectivity index (χ0v) is 23.4. The summed E-state index contributed by atoms with van der Waals surface area (Å²) in [5.74, 6) is 1.85. The number of aromatic nitrogens is 2. The Morgan fingerprint density at radius 3 is 1.97 bits per heavy atom. The van der Waals surface area contributed by atoms with Gasteiger partial charge in [0.05, 0.1) is 12.5 Å². The van der Waals surface area contributed by atoms with Gasteiger partial charge < -0.3 is 0 Å². The fourth-order valence-electron chi connectivity index (χ4n) is 5.91. The normalized spacial score (nSPS) is 14.0. The number of benzene rings is 2. The molecule has 0 bridgehead atoms. The first-order chi connectivity index (χ1) is 17.7. The van der Waals surface area contributed by atoms with Crippen LogP contribution in [-0.4, -0.2) is 4.98 Å². The molecule has 0 amide bonds. The number of aromatic amines is 1. The van der Waals surface area contributed by atoms with Gasteiger partial charge in [-0.25, -0.2) is 9.55 Å². The van der Waals surface area contributed by atoms with Crippen molar-refractivity contribution in [2.45, 2.75) is 122 Å². The topological polar surface area (TPSA) is 19.7 Å². The largest absolute Gasteiger partial charge is 0.258 e. The number of H-pyrrole nitrogens is 1. The maximum atomic E-state index is 3.73. The van der Waals surface area contributed by atoms with Crippen molar-refractivity contribution in [1.82, 2.24) is 4.98 Å². The van der Waals surface area contributed by atoms with Crippen LogP contribution in [0.25, 0.3) is 0 Å². The van der Waals surface area contributed by atoms with Crippen molar-refractivity contribution in [2.75, 3.05) is 0 Å². The van der Waals surface area contributed by atoms with Crippen LogP contribution >= 0.6 is 0 Å². The molecule has 1 aromatic heterocycles. The third kappa shape index (κ3) is 8.36. The molecule has 1 heterocycles. The van der Waals surface area contributed by atoms with Gasteiger partial charge in [-0.1, -0.05) is 139 Å². The lowest BCUT2D eigenvalue weighted by Crippen LogP contribution is -2.43. The van der Waals surface area contributed by atoms with Gasteiger partial charge in [-0.2, -0.15) is 0 Å². The lowest BCUT2D eigenvalue weighted by molar-refractivity contribution is -0.705. The minimum absolute atomic E-state index is 0.0150. The Morgan fingerprint density at radius 2 is 1.31 bits per heavy atom. The Balaban J connectivity index is 1.85. The summed E-state index contributed by atoms with van der Waals surface area (Å²) in [5, 5.41) is 0. The number of nitrogens with zero attached hydrogens (tertiary/aromatic N) is 1. The predicted molar refractivity (Wildman–Crippen MR) is 154 cm³/mol. The molecule has 0 spiro atoms. The predicted octanol–water partition coefficient (Wildman–Crippen LogP) is 9.31. The van der Waals surface area contributed by atoms with E-state index in [0.717, 1.165) is 13.0 Å². The minimum Gasteiger partial charge on any atom is -0.247 e. The van der Waals surface area contributed by atoms with Gasteiger partial charge in [-0.15, -0.1) is 0 Å². The third-order valence-corrected chi connectivity index (χ3v) is 8.09. The molecule has 0 saturated carbocycles. The molecule has 2 unspecified atom stereocenters. The average Bonchev–Trinajstić information content (AvgIpc) is 3.37. The van der Waals surface area contributed by atoms with E-state index in [0.29, 0.717) is 5.92 Å². The van der Waals surface area contributed by atoms with Crippen LogP contribution < -0.4 is 4.57 Å². The third-order valence-electron chi connectivity index (χ3n) is 8.09. The molecule has 0 saturated heterocycles. The van der Waals surface area contributed by atoms with E-state index in [1.807, 2.05) is 0 Å². The SMILES string of the molecule is CCCCCCCCCCC(c1[nH]cc[n+]1CCCCC)C(C)(Cc1ccccc1)c1ccccc1. The molecule has 2 heteroatoms. The van der Waals surface area contributed by atoms with Crippen molar-refractivity contribution < 1.29 is 4.57 Å². The number of unbranched alkanes of at least 4 members (excludes halogenated alkanes) is 9. The second kappa shape index (κ2) is 15.7. The Morgan fingerprint density at radius 1 is 0.722 bits per heavy atom. The molecule has 0 fully saturated rings. The molecule has 3 aromatic rings. The van der Waals surface area contributed by atoms with E-state index in [1.54, 1.807) is 0 Å². The van der Waals surface area contributed by atoms with Crippen molar-refractivity contribution in [1.29, 1.82) is 0 Å². The van der Waals surface area contributed by atoms with E-state index < -0.39 is 0 Å². The summed E-state index contributed by atoms with van der Waals surface area (Å²) in [7, 11) is 0. The zero-order valence-electron chi connectivity index (χ0n) is 23.4. The summed E-state index contributed by atoms with van der Waals surface area (Å²) in [6.45, 7) is 8.22. The highest BCUT2D eigenvalue weighted by atomic mass is 15.1. The average molecular weight is 488 g/mol. The highest BCUT2D eigenvalue weighted by Gasteiger charge is 2.41. The van der Waals surface area contributed by atoms with Crippen LogP contribution in [0.2, 0.25) is 0 Å². The molecule has 0 aliphatic rings. The van der Waals surface area contributed by atoms with Crippen LogP contribution in [0.15, 0.2) is 73.1 Å². The Kier molecular flexibility index (Phi) is 12.3. The Bertz CT molecular complexity index is 946. The lowest BCUT2D eigenvalue weighted by Gasteiger charge is -2.37. The zero-order chi connectivity index (χ0) is 25.5. The summed E-state index contributed by atoms with van der Waals surface area (Å²) in [6, 6.07) is 22.4. The van der Waals surface area contributed by atoms with Crippen LogP contribution in [0.3, 0.4) is 0 Å². The molecule has 36 heavy (non-hydrogen) atoms. The molecule has 2 atom stereocenters. The van der Waals surface area contributed by atoms with Crippen LogP contribution in [0, 0.1) is 0 Å². The first-order valence-corrected chi connectivity index (χ1v) is 14.8. The van der Waals surface area contributed by atoms with Gasteiger partial charge in [-0.3, -0.25) is 0 Å². The van der Waals surface area contributed by atoms with Crippen LogP contribution in [0.4, 0.5) is 0 Å². The number of imidazole rings is 1. The molecule has 196 valence electrons. The number of aryl methyl sites for hydroxylation is 1. The van der Waals surface area contributed by atoms with E-state index >= 15 is 0 Å². The second-order valence-electron chi connectivity index (χ2n) is 11.0. The van der Waals surface area contributed by atoms with Gasteiger partial charge in [0.25, 0.3) is 5.82 Å². The number of hydrogen-bond acceptors (Lipinski definition) is 0. The highest BCUT2D eigenvalue weighted by molar-refractivity contribution is 5.32. The highest BCUT2D eigenvalue weighted by Crippen LogP contribution is 2.43. The van der Waals surface area contributed by atoms with Gasteiger partial charge in [0.15, 0.2) is 0 Å². The number of hydrogen-bond donors (Lipinski definition) is 1. The van der Waals surface area contributed by atoms with Gasteiger partial charge in [0, 0.05) is 5.41 Å². The van der Waals surface area contributed by atoms with Crippen LogP contribution in [0.5, 0.6) is 0 Å². The van der Waals surface area contributed by atoms with Crippen LogP contribution in [0.1, 0.15) is 121 Å². The molecule has 1 N–H and O–H groups in total. The first kappa shape index (κ1) is 28.2. The first-order valence-electron chi connectivity index (χ1n) is 14.8. The molecule has 3 rings (SSSR count). The van der Waals surface area contributed by atoms with Gasteiger partial charge in [0.1, 0.15) is 12.4 Å². The van der Waals surface area contributed by atoms with E-state index in [1.165, 1.54) is 94.0 Å². The molecular weight excluding hydrogens is 436 g/mol. The molecule has 0 aliphatic heterocycles.